The fourth-order valence-electron chi connectivity index (χ4n) is 2.16. The maximum absolute atomic E-state index is 12.3. The number of anilines is 1. The number of amides is 1. The molecule has 0 N–H and O–H groups in total. The zero-order valence-corrected chi connectivity index (χ0v) is 12.5. The lowest BCUT2D eigenvalue weighted by Crippen LogP contribution is -2.43. The molecule has 1 atom stereocenters. The Bertz CT molecular complexity index is 497. The smallest absolute Gasteiger partial charge is 0.416 e. The second kappa shape index (κ2) is 5.00. The monoisotopic (exact) mass is 282 g/mol. The van der Waals surface area contributed by atoms with Crippen LogP contribution in [0.4, 0.5) is 10.6 Å². The summed E-state index contributed by atoms with van der Waals surface area (Å²) in [4.78, 5) is 18.1. The second-order valence-corrected chi connectivity index (χ2v) is 6.40. The summed E-state index contributed by atoms with van der Waals surface area (Å²) < 4.78 is 5.43. The molecule has 1 aliphatic rings. The van der Waals surface area contributed by atoms with E-state index in [2.05, 4.69) is 11.9 Å². The Morgan fingerprint density at radius 1 is 1.47 bits per heavy atom. The van der Waals surface area contributed by atoms with Crippen molar-refractivity contribution in [3.8, 4) is 0 Å². The van der Waals surface area contributed by atoms with E-state index in [4.69, 9.17) is 16.3 Å². The number of ether oxygens (including phenoxy) is 1. The van der Waals surface area contributed by atoms with Gasteiger partial charge in [0.15, 0.2) is 0 Å². The lowest BCUT2D eigenvalue weighted by molar-refractivity contribution is 0.0571. The number of carbonyl (C=O) groups is 1. The van der Waals surface area contributed by atoms with Gasteiger partial charge in [0.2, 0.25) is 0 Å². The van der Waals surface area contributed by atoms with E-state index in [0.29, 0.717) is 23.4 Å². The molecule has 104 valence electrons. The van der Waals surface area contributed by atoms with Crippen LogP contribution in [-0.4, -0.2) is 23.2 Å². The average Bonchev–Trinajstić information content (AvgIpc) is 2.26. The summed E-state index contributed by atoms with van der Waals surface area (Å²) in [5, 5.41) is 0.391. The predicted octanol–water partition coefficient (Wildman–Crippen LogP) is 3.67. The first kappa shape index (κ1) is 14.1. The Hall–Kier alpha value is -1.29. The third kappa shape index (κ3) is 3.38. The van der Waals surface area contributed by atoms with Crippen molar-refractivity contribution >= 4 is 23.5 Å². The molecule has 0 saturated carbocycles. The van der Waals surface area contributed by atoms with Gasteiger partial charge in [-0.2, -0.15) is 0 Å². The van der Waals surface area contributed by atoms with Crippen molar-refractivity contribution < 1.29 is 9.53 Å². The van der Waals surface area contributed by atoms with Gasteiger partial charge in [0.1, 0.15) is 16.6 Å². The van der Waals surface area contributed by atoms with Crippen LogP contribution in [0.1, 0.15) is 33.3 Å². The summed E-state index contributed by atoms with van der Waals surface area (Å²) in [5.41, 5.74) is 0.519. The highest BCUT2D eigenvalue weighted by atomic mass is 35.5. The van der Waals surface area contributed by atoms with Gasteiger partial charge < -0.3 is 4.74 Å². The van der Waals surface area contributed by atoms with Crippen molar-refractivity contribution in [2.75, 3.05) is 11.4 Å². The zero-order chi connectivity index (χ0) is 14.2. The Morgan fingerprint density at radius 2 is 2.16 bits per heavy atom. The molecular formula is C14H19ClN2O2. The summed E-state index contributed by atoms with van der Waals surface area (Å²) in [6, 6.07) is 3.68. The molecule has 0 aromatic carbocycles. The van der Waals surface area contributed by atoms with Crippen LogP contribution >= 0.6 is 11.6 Å². The van der Waals surface area contributed by atoms with E-state index >= 15 is 0 Å². The van der Waals surface area contributed by atoms with E-state index in [1.54, 1.807) is 11.0 Å². The molecule has 1 aliphatic heterocycles. The summed E-state index contributed by atoms with van der Waals surface area (Å²) in [6.07, 6.45) is 0.536. The van der Waals surface area contributed by atoms with Crippen LogP contribution in [0.25, 0.3) is 0 Å². The Morgan fingerprint density at radius 3 is 2.79 bits per heavy atom. The van der Waals surface area contributed by atoms with E-state index in [0.717, 1.165) is 12.0 Å². The van der Waals surface area contributed by atoms with E-state index in [1.807, 2.05) is 26.8 Å². The number of pyridine rings is 1. The highest BCUT2D eigenvalue weighted by Gasteiger charge is 2.31. The average molecular weight is 283 g/mol. The minimum atomic E-state index is -0.517. The minimum absolute atomic E-state index is 0.366. The first-order valence-electron chi connectivity index (χ1n) is 6.42. The SMILES string of the molecule is CC1Cc2ccc(Cl)nc2N(C(=O)OC(C)(C)C)C1. The van der Waals surface area contributed by atoms with Crippen molar-refractivity contribution in [3.05, 3.63) is 22.8 Å². The molecule has 1 amide bonds. The summed E-state index contributed by atoms with van der Waals surface area (Å²) in [7, 11) is 0. The number of hydrogen-bond donors (Lipinski definition) is 0. The van der Waals surface area contributed by atoms with Crippen LogP contribution in [0.2, 0.25) is 5.15 Å². The Labute approximate surface area is 118 Å². The summed E-state index contributed by atoms with van der Waals surface area (Å²) in [5.74, 6) is 1.00. The van der Waals surface area contributed by atoms with E-state index in [-0.39, 0.29) is 6.09 Å². The summed E-state index contributed by atoms with van der Waals surface area (Å²) in [6.45, 7) is 8.27. The van der Waals surface area contributed by atoms with Crippen molar-refractivity contribution in [2.24, 2.45) is 5.92 Å². The lowest BCUT2D eigenvalue weighted by Gasteiger charge is -2.33. The molecule has 2 heterocycles. The molecule has 1 aromatic rings. The van der Waals surface area contributed by atoms with E-state index in [1.165, 1.54) is 0 Å². The highest BCUT2D eigenvalue weighted by molar-refractivity contribution is 6.29. The Kier molecular flexibility index (Phi) is 3.72. The standard InChI is InChI=1S/C14H19ClN2O2/c1-9-7-10-5-6-11(15)16-12(10)17(8-9)13(18)19-14(2,3)4/h5-6,9H,7-8H2,1-4H3. The highest BCUT2D eigenvalue weighted by Crippen LogP contribution is 2.30. The van der Waals surface area contributed by atoms with Gasteiger partial charge in [-0.3, -0.25) is 4.90 Å². The van der Waals surface area contributed by atoms with Crippen molar-refractivity contribution in [1.82, 2.24) is 4.98 Å². The van der Waals surface area contributed by atoms with E-state index < -0.39 is 5.60 Å². The third-order valence-corrected chi connectivity index (χ3v) is 3.06. The Balaban J connectivity index is 2.32. The molecule has 0 spiro atoms. The normalized spacial score (nSPS) is 19.0. The quantitative estimate of drug-likeness (QED) is 0.682. The summed E-state index contributed by atoms with van der Waals surface area (Å²) >= 11 is 5.93. The van der Waals surface area contributed by atoms with Crippen molar-refractivity contribution in [1.29, 1.82) is 0 Å². The number of fused-ring (bicyclic) bond motifs is 1. The third-order valence-electron chi connectivity index (χ3n) is 2.85. The topological polar surface area (TPSA) is 42.4 Å². The van der Waals surface area contributed by atoms with Gasteiger partial charge in [-0.15, -0.1) is 0 Å². The molecular weight excluding hydrogens is 264 g/mol. The minimum Gasteiger partial charge on any atom is -0.443 e. The second-order valence-electron chi connectivity index (χ2n) is 6.02. The maximum atomic E-state index is 12.3. The number of rotatable bonds is 0. The lowest BCUT2D eigenvalue weighted by atomic mass is 9.97. The van der Waals surface area contributed by atoms with Crippen LogP contribution in [-0.2, 0) is 11.2 Å². The first-order chi connectivity index (χ1) is 8.76. The van der Waals surface area contributed by atoms with E-state index in [9.17, 15) is 4.79 Å². The predicted molar refractivity (Wildman–Crippen MR) is 75.7 cm³/mol. The number of halogens is 1. The number of aromatic nitrogens is 1. The molecule has 0 radical (unpaired) electrons. The largest absolute Gasteiger partial charge is 0.443 e. The zero-order valence-electron chi connectivity index (χ0n) is 11.7. The van der Waals surface area contributed by atoms with Crippen LogP contribution in [0, 0.1) is 5.92 Å². The fourth-order valence-corrected chi connectivity index (χ4v) is 2.31. The molecule has 0 bridgehead atoms. The van der Waals surface area contributed by atoms with Gasteiger partial charge in [-0.05, 0) is 44.7 Å². The number of carbonyl (C=O) groups excluding carboxylic acids is 1. The molecule has 1 aromatic heterocycles. The molecule has 2 rings (SSSR count). The van der Waals surface area contributed by atoms with Crippen LogP contribution in [0.3, 0.4) is 0 Å². The molecule has 0 fully saturated rings. The first-order valence-corrected chi connectivity index (χ1v) is 6.80. The maximum Gasteiger partial charge on any atom is 0.416 e. The molecule has 4 nitrogen and oxygen atoms in total. The van der Waals surface area contributed by atoms with Crippen LogP contribution in [0.15, 0.2) is 12.1 Å². The number of hydrogen-bond acceptors (Lipinski definition) is 3. The van der Waals surface area contributed by atoms with Crippen LogP contribution < -0.4 is 4.90 Å². The van der Waals surface area contributed by atoms with Crippen molar-refractivity contribution in [3.63, 3.8) is 0 Å². The molecule has 0 aliphatic carbocycles. The van der Waals surface area contributed by atoms with Gasteiger partial charge in [-0.1, -0.05) is 24.6 Å². The van der Waals surface area contributed by atoms with Crippen LogP contribution in [0.5, 0.6) is 0 Å². The van der Waals surface area contributed by atoms with Crippen molar-refractivity contribution in [2.45, 2.75) is 39.7 Å². The fraction of sp³-hybridized carbons (Fsp3) is 0.571. The van der Waals surface area contributed by atoms with Gasteiger partial charge in [0, 0.05) is 6.54 Å². The molecule has 19 heavy (non-hydrogen) atoms. The number of nitrogens with zero attached hydrogens (tertiary/aromatic N) is 2. The molecule has 1 unspecified atom stereocenters. The molecule has 0 saturated heterocycles. The molecule has 5 heteroatoms. The van der Waals surface area contributed by atoms with Gasteiger partial charge in [0.25, 0.3) is 0 Å². The van der Waals surface area contributed by atoms with Gasteiger partial charge >= 0.3 is 6.09 Å². The van der Waals surface area contributed by atoms with Gasteiger partial charge in [-0.25, -0.2) is 9.78 Å². The van der Waals surface area contributed by atoms with Gasteiger partial charge in [0.05, 0.1) is 0 Å².